The Morgan fingerprint density at radius 1 is 1.08 bits per heavy atom. The maximum absolute atomic E-state index is 13.7. The van der Waals surface area contributed by atoms with Crippen molar-refractivity contribution in [1.82, 2.24) is 0 Å². The molecule has 0 spiro atoms. The van der Waals surface area contributed by atoms with E-state index in [0.717, 1.165) is 6.42 Å². The number of guanidine groups is 1. The van der Waals surface area contributed by atoms with Crippen molar-refractivity contribution in [2.45, 2.75) is 50.1 Å². The van der Waals surface area contributed by atoms with Crippen molar-refractivity contribution in [2.75, 3.05) is 0 Å². The number of carboxylic acids is 1. The van der Waals surface area contributed by atoms with Gasteiger partial charge in [0.25, 0.3) is 0 Å². The SMILES string of the molecule is NC(N)=Nc1cccc(C(OP(=O)(O)C(N)(C(=O)OCc2ccccc2)C2CCCCC2)C(=O)O)c1. The molecule has 3 rings (SSSR count). The lowest BCUT2D eigenvalue weighted by molar-refractivity contribution is -0.153. The summed E-state index contributed by atoms with van der Waals surface area (Å²) in [5.74, 6) is -3.68. The molecular formula is C24H31N4O7P. The monoisotopic (exact) mass is 518 g/mol. The van der Waals surface area contributed by atoms with Gasteiger partial charge in [0.05, 0.1) is 5.69 Å². The van der Waals surface area contributed by atoms with E-state index in [-0.39, 0.29) is 23.8 Å². The number of nitrogens with zero attached hydrogens (tertiary/aromatic N) is 1. The van der Waals surface area contributed by atoms with Crippen LogP contribution in [-0.4, -0.2) is 33.2 Å². The normalized spacial score (nSPS) is 18.3. The Morgan fingerprint density at radius 3 is 2.36 bits per heavy atom. The smallest absolute Gasteiger partial charge is 0.360 e. The van der Waals surface area contributed by atoms with Crippen molar-refractivity contribution in [3.8, 4) is 0 Å². The molecular weight excluding hydrogens is 487 g/mol. The quantitative estimate of drug-likeness (QED) is 0.135. The molecule has 11 nitrogen and oxygen atoms in total. The van der Waals surface area contributed by atoms with Gasteiger partial charge in [-0.1, -0.05) is 61.7 Å². The Kier molecular flexibility index (Phi) is 8.86. The third-order valence-corrected chi connectivity index (χ3v) is 8.12. The van der Waals surface area contributed by atoms with Crippen molar-refractivity contribution in [1.29, 1.82) is 0 Å². The summed E-state index contributed by atoms with van der Waals surface area (Å²) in [6, 6.07) is 14.4. The number of carboxylic acid groups (broad SMARTS) is 1. The minimum Gasteiger partial charge on any atom is -0.479 e. The van der Waals surface area contributed by atoms with Crippen LogP contribution in [0.25, 0.3) is 0 Å². The minimum absolute atomic E-state index is 0.0112. The number of ether oxygens (including phenoxy) is 1. The summed E-state index contributed by atoms with van der Waals surface area (Å²) in [6.07, 6.45) is 1.13. The Hall–Kier alpha value is -3.24. The first-order valence-corrected chi connectivity index (χ1v) is 13.1. The Balaban J connectivity index is 1.94. The lowest BCUT2D eigenvalue weighted by Crippen LogP contribution is -2.55. The number of benzene rings is 2. The highest BCUT2D eigenvalue weighted by Crippen LogP contribution is 2.61. The molecule has 0 heterocycles. The highest BCUT2D eigenvalue weighted by Gasteiger charge is 2.60. The maximum atomic E-state index is 13.7. The molecule has 0 bridgehead atoms. The van der Waals surface area contributed by atoms with E-state index in [2.05, 4.69) is 4.99 Å². The summed E-state index contributed by atoms with van der Waals surface area (Å²) in [5.41, 5.74) is 18.0. The zero-order valence-corrected chi connectivity index (χ0v) is 20.6. The Morgan fingerprint density at radius 2 is 1.75 bits per heavy atom. The molecule has 194 valence electrons. The fourth-order valence-corrected chi connectivity index (χ4v) is 5.97. The van der Waals surface area contributed by atoms with E-state index in [1.54, 1.807) is 30.3 Å². The van der Waals surface area contributed by atoms with Gasteiger partial charge in [-0.05, 0) is 42.0 Å². The fourth-order valence-electron chi connectivity index (χ4n) is 4.28. The van der Waals surface area contributed by atoms with Crippen molar-refractivity contribution in [2.24, 2.45) is 28.1 Å². The van der Waals surface area contributed by atoms with Crippen LogP contribution < -0.4 is 17.2 Å². The summed E-state index contributed by atoms with van der Waals surface area (Å²) >= 11 is 0. The molecule has 8 N–H and O–H groups in total. The molecule has 3 atom stereocenters. The van der Waals surface area contributed by atoms with Gasteiger partial charge in [-0.15, -0.1) is 0 Å². The molecule has 1 aliphatic carbocycles. The van der Waals surface area contributed by atoms with Gasteiger partial charge < -0.3 is 31.9 Å². The molecule has 1 saturated carbocycles. The first-order chi connectivity index (χ1) is 17.0. The van der Waals surface area contributed by atoms with Gasteiger partial charge in [0.15, 0.2) is 12.1 Å². The molecule has 0 radical (unpaired) electrons. The average Bonchev–Trinajstić information content (AvgIpc) is 2.86. The standard InChI is InChI=1S/C24H31N4O7P/c25-23(26)28-19-13-7-10-17(14-19)20(21(29)30)35-36(32,33)24(27,18-11-5-2-6-12-18)22(31)34-15-16-8-3-1-4-9-16/h1,3-4,7-10,13-14,18,20H,2,5-6,11-12,15,27H2,(H,29,30)(H,32,33)(H4,25,26,28). The van der Waals surface area contributed by atoms with E-state index < -0.39 is 36.8 Å². The van der Waals surface area contributed by atoms with Crippen LogP contribution in [0.2, 0.25) is 0 Å². The number of nitrogens with two attached hydrogens (primary N) is 3. The number of carbonyl (C=O) groups is 2. The van der Waals surface area contributed by atoms with Crippen LogP contribution in [0.3, 0.4) is 0 Å². The first-order valence-electron chi connectivity index (χ1n) is 11.5. The predicted octanol–water partition coefficient (Wildman–Crippen LogP) is 2.90. The van der Waals surface area contributed by atoms with Crippen molar-refractivity contribution in [3.05, 3.63) is 65.7 Å². The topological polar surface area (TPSA) is 201 Å². The molecule has 1 fully saturated rings. The van der Waals surface area contributed by atoms with Crippen molar-refractivity contribution in [3.63, 3.8) is 0 Å². The predicted molar refractivity (Wildman–Crippen MR) is 133 cm³/mol. The van der Waals surface area contributed by atoms with Crippen LogP contribution in [0.5, 0.6) is 0 Å². The van der Waals surface area contributed by atoms with Crippen molar-refractivity contribution >= 4 is 31.2 Å². The molecule has 0 amide bonds. The average molecular weight is 519 g/mol. The van der Waals surface area contributed by atoms with Crippen molar-refractivity contribution < 1.29 is 33.4 Å². The maximum Gasteiger partial charge on any atom is 0.360 e. The number of carbonyl (C=O) groups excluding carboxylic acids is 1. The molecule has 0 aliphatic heterocycles. The molecule has 0 saturated heterocycles. The Labute approximate surface area is 208 Å². The number of hydrogen-bond acceptors (Lipinski definition) is 7. The van der Waals surface area contributed by atoms with Crippen LogP contribution in [-0.2, 0) is 30.0 Å². The zero-order valence-electron chi connectivity index (χ0n) is 19.7. The lowest BCUT2D eigenvalue weighted by atomic mass is 9.83. The zero-order chi connectivity index (χ0) is 26.3. The van der Waals surface area contributed by atoms with Gasteiger partial charge in [0.1, 0.15) is 6.61 Å². The molecule has 0 aromatic heterocycles. The number of aliphatic carboxylic acids is 1. The third kappa shape index (κ3) is 6.30. The van der Waals surface area contributed by atoms with Gasteiger partial charge in [0.2, 0.25) is 5.28 Å². The van der Waals surface area contributed by atoms with Gasteiger partial charge in [-0.3, -0.25) is 9.09 Å². The third-order valence-electron chi connectivity index (χ3n) is 6.14. The number of esters is 1. The number of hydrogen-bond donors (Lipinski definition) is 5. The molecule has 12 heteroatoms. The van der Waals surface area contributed by atoms with E-state index in [0.29, 0.717) is 31.2 Å². The second-order valence-corrected chi connectivity index (χ2v) is 10.7. The van der Waals surface area contributed by atoms with Gasteiger partial charge in [0, 0.05) is 0 Å². The summed E-state index contributed by atoms with van der Waals surface area (Å²) < 4.78 is 24.4. The summed E-state index contributed by atoms with van der Waals surface area (Å²) in [7, 11) is -5.14. The van der Waals surface area contributed by atoms with Crippen LogP contribution in [0.15, 0.2) is 59.6 Å². The van der Waals surface area contributed by atoms with Gasteiger partial charge >= 0.3 is 19.5 Å². The summed E-state index contributed by atoms with van der Waals surface area (Å²) in [6.45, 7) is -0.172. The highest BCUT2D eigenvalue weighted by atomic mass is 31.2. The minimum atomic E-state index is -5.14. The second kappa shape index (κ2) is 11.7. The lowest BCUT2D eigenvalue weighted by Gasteiger charge is -2.39. The van der Waals surface area contributed by atoms with E-state index in [1.165, 1.54) is 24.3 Å². The van der Waals surface area contributed by atoms with Crippen LogP contribution in [0.1, 0.15) is 49.3 Å². The molecule has 36 heavy (non-hydrogen) atoms. The van der Waals surface area contributed by atoms with Crippen LogP contribution in [0, 0.1) is 5.92 Å². The van der Waals surface area contributed by atoms with E-state index in [1.807, 2.05) is 0 Å². The highest BCUT2D eigenvalue weighted by molar-refractivity contribution is 7.55. The van der Waals surface area contributed by atoms with Gasteiger partial charge in [-0.25, -0.2) is 14.6 Å². The second-order valence-electron chi connectivity index (χ2n) is 8.70. The van der Waals surface area contributed by atoms with Gasteiger partial charge in [-0.2, -0.15) is 0 Å². The molecule has 2 aromatic rings. The molecule has 3 unspecified atom stereocenters. The number of rotatable bonds is 10. The van der Waals surface area contributed by atoms with E-state index in [9.17, 15) is 24.2 Å². The largest absolute Gasteiger partial charge is 0.479 e. The first kappa shape index (κ1) is 27.3. The summed E-state index contributed by atoms with van der Waals surface area (Å²) in [4.78, 5) is 40.4. The van der Waals surface area contributed by atoms with Crippen LogP contribution >= 0.6 is 7.60 Å². The van der Waals surface area contributed by atoms with E-state index >= 15 is 0 Å². The Bertz CT molecular complexity index is 1150. The van der Waals surface area contributed by atoms with Crippen LogP contribution in [0.4, 0.5) is 5.69 Å². The fraction of sp³-hybridized carbons (Fsp3) is 0.375. The summed E-state index contributed by atoms with van der Waals surface area (Å²) in [5, 5.41) is 7.37. The molecule has 2 aromatic carbocycles. The molecule has 1 aliphatic rings. The van der Waals surface area contributed by atoms with E-state index in [4.69, 9.17) is 26.5 Å². The number of aliphatic imine (C=N–C) groups is 1.